The Balaban J connectivity index is -0.000000320. The van der Waals surface area contributed by atoms with Gasteiger partial charge in [-0.05, 0) is 20.3 Å². The van der Waals surface area contributed by atoms with Crippen LogP contribution in [0, 0.1) is 23.7 Å². The third-order valence-electron chi connectivity index (χ3n) is 1.35. The molecule has 0 aromatic carbocycles. The van der Waals surface area contributed by atoms with E-state index in [2.05, 4.69) is 13.0 Å². The van der Waals surface area contributed by atoms with Crippen molar-refractivity contribution < 1.29 is 36.5 Å². The van der Waals surface area contributed by atoms with Gasteiger partial charge in [0, 0.05) is 0 Å². The summed E-state index contributed by atoms with van der Waals surface area (Å²) in [6.45, 7) is 7.64. The fourth-order valence-corrected chi connectivity index (χ4v) is 0.623. The number of halogens is 1. The maximum Gasteiger partial charge on any atom is 2.00 e. The van der Waals surface area contributed by atoms with Crippen molar-refractivity contribution in [1.29, 1.82) is 5.26 Å². The van der Waals surface area contributed by atoms with Crippen LogP contribution in [0.5, 0.6) is 0 Å². The fourth-order valence-electron chi connectivity index (χ4n) is 0.623. The normalized spacial score (nSPS) is 8.91. The van der Waals surface area contributed by atoms with E-state index in [0.717, 1.165) is 19.3 Å². The molecule has 0 rings (SSSR count). The van der Waals surface area contributed by atoms with Gasteiger partial charge in [-0.25, -0.2) is 0 Å². The van der Waals surface area contributed by atoms with Crippen molar-refractivity contribution in [1.82, 2.24) is 0 Å². The van der Waals surface area contributed by atoms with Crippen LogP contribution in [0.3, 0.4) is 0 Å². The zero-order chi connectivity index (χ0) is 7.33. The average molecular weight is 270 g/mol. The summed E-state index contributed by atoms with van der Waals surface area (Å²) in [5, 5.41) is 8.55. The molecule has 60 valence electrons. The Morgan fingerprint density at radius 2 is 1.91 bits per heavy atom. The summed E-state index contributed by atoms with van der Waals surface area (Å²) in [5.41, 5.74) is -0.141. The van der Waals surface area contributed by atoms with Gasteiger partial charge in [-0.15, -0.1) is 0 Å². The van der Waals surface area contributed by atoms with Gasteiger partial charge in [0.2, 0.25) is 0 Å². The van der Waals surface area contributed by atoms with Gasteiger partial charge in [-0.1, -0.05) is 6.42 Å². The van der Waals surface area contributed by atoms with Crippen molar-refractivity contribution in [2.24, 2.45) is 5.41 Å². The van der Waals surface area contributed by atoms with Crippen molar-refractivity contribution in [3.05, 3.63) is 6.92 Å². The number of nitrogens with zero attached hydrogens (tertiary/aromatic N) is 1. The molecular formula is C8H14BrNZn. The summed E-state index contributed by atoms with van der Waals surface area (Å²) >= 11 is 0. The van der Waals surface area contributed by atoms with Gasteiger partial charge in [-0.3, -0.25) is 0 Å². The zero-order valence-corrected chi connectivity index (χ0v) is 11.9. The second-order valence-electron chi connectivity index (χ2n) is 2.95. The molecule has 0 aromatic heterocycles. The Morgan fingerprint density at radius 1 is 1.45 bits per heavy atom. The molecule has 0 saturated heterocycles. The summed E-state index contributed by atoms with van der Waals surface area (Å²) in [6, 6.07) is 2.25. The Bertz CT molecular complexity index is 118. The standard InChI is InChI=1S/C8H14N.BrH.Zn/c1-4-5-6-8(2,3)7-9;;/h1,4-6H2,2-3H3;1H;/q-1;;+2/p-1. The summed E-state index contributed by atoms with van der Waals surface area (Å²) in [4.78, 5) is 0. The molecule has 0 N–H and O–H groups in total. The van der Waals surface area contributed by atoms with Crippen LogP contribution >= 0.6 is 0 Å². The van der Waals surface area contributed by atoms with Gasteiger partial charge in [0.25, 0.3) is 0 Å². The number of rotatable bonds is 3. The molecule has 0 spiro atoms. The van der Waals surface area contributed by atoms with Gasteiger partial charge in [0.05, 0.1) is 11.5 Å². The molecule has 0 aliphatic heterocycles. The van der Waals surface area contributed by atoms with E-state index in [9.17, 15) is 0 Å². The second kappa shape index (κ2) is 8.69. The topological polar surface area (TPSA) is 23.8 Å². The predicted molar refractivity (Wildman–Crippen MR) is 38.6 cm³/mol. The van der Waals surface area contributed by atoms with Gasteiger partial charge in [0.1, 0.15) is 0 Å². The predicted octanol–water partition coefficient (Wildman–Crippen LogP) is -0.458. The van der Waals surface area contributed by atoms with Crippen LogP contribution in [-0.2, 0) is 19.5 Å². The summed E-state index contributed by atoms with van der Waals surface area (Å²) < 4.78 is 0. The van der Waals surface area contributed by atoms with E-state index in [0.29, 0.717) is 0 Å². The third kappa shape index (κ3) is 10.6. The molecule has 11 heavy (non-hydrogen) atoms. The van der Waals surface area contributed by atoms with Crippen molar-refractivity contribution in [2.45, 2.75) is 33.1 Å². The van der Waals surface area contributed by atoms with Gasteiger partial charge >= 0.3 is 19.5 Å². The number of hydrogen-bond acceptors (Lipinski definition) is 1. The van der Waals surface area contributed by atoms with E-state index in [1.165, 1.54) is 0 Å². The first kappa shape index (κ1) is 17.6. The van der Waals surface area contributed by atoms with Crippen molar-refractivity contribution in [3.63, 3.8) is 0 Å². The quantitative estimate of drug-likeness (QED) is 0.503. The largest absolute Gasteiger partial charge is 2.00 e. The van der Waals surface area contributed by atoms with Crippen LogP contribution in [0.2, 0.25) is 0 Å². The number of unbranched alkanes of at least 4 members (excludes halogenated alkanes) is 1. The number of hydrogen-bond donors (Lipinski definition) is 0. The van der Waals surface area contributed by atoms with Crippen LogP contribution in [0.1, 0.15) is 33.1 Å². The number of nitriles is 1. The third-order valence-corrected chi connectivity index (χ3v) is 1.35. The summed E-state index contributed by atoms with van der Waals surface area (Å²) in [5.74, 6) is 0. The first-order valence-corrected chi connectivity index (χ1v) is 3.33. The van der Waals surface area contributed by atoms with Gasteiger partial charge in [-0.2, -0.15) is 11.7 Å². The molecule has 0 heterocycles. The van der Waals surface area contributed by atoms with Crippen molar-refractivity contribution in [3.8, 4) is 6.07 Å². The molecule has 0 aliphatic rings. The molecule has 0 unspecified atom stereocenters. The van der Waals surface area contributed by atoms with Crippen molar-refractivity contribution in [2.75, 3.05) is 0 Å². The molecule has 0 aliphatic carbocycles. The van der Waals surface area contributed by atoms with Crippen LogP contribution in [0.25, 0.3) is 0 Å². The Morgan fingerprint density at radius 3 is 2.18 bits per heavy atom. The van der Waals surface area contributed by atoms with E-state index < -0.39 is 0 Å². The Hall–Kier alpha value is 0.593. The van der Waals surface area contributed by atoms with Crippen LogP contribution < -0.4 is 17.0 Å². The fraction of sp³-hybridized carbons (Fsp3) is 0.750. The molecular weight excluding hydrogens is 255 g/mol. The minimum absolute atomic E-state index is 0. The molecule has 0 bridgehead atoms. The second-order valence-corrected chi connectivity index (χ2v) is 2.95. The molecule has 0 amide bonds. The average Bonchev–Trinajstić information content (AvgIpc) is 1.84. The Labute approximate surface area is 93.1 Å². The summed E-state index contributed by atoms with van der Waals surface area (Å²) in [6.07, 6.45) is 2.96. The van der Waals surface area contributed by atoms with E-state index in [1.807, 2.05) is 13.8 Å². The molecule has 1 nitrogen and oxygen atoms in total. The van der Waals surface area contributed by atoms with Crippen LogP contribution in [-0.4, -0.2) is 0 Å². The minimum atomic E-state index is -0.141. The smallest absolute Gasteiger partial charge is 1.00 e. The molecule has 0 saturated carbocycles. The minimum Gasteiger partial charge on any atom is -1.00 e. The molecule has 0 atom stereocenters. The monoisotopic (exact) mass is 267 g/mol. The van der Waals surface area contributed by atoms with E-state index in [1.54, 1.807) is 0 Å². The maximum absolute atomic E-state index is 8.55. The van der Waals surface area contributed by atoms with Crippen molar-refractivity contribution >= 4 is 0 Å². The molecule has 0 radical (unpaired) electrons. The zero-order valence-electron chi connectivity index (χ0n) is 7.36. The van der Waals surface area contributed by atoms with Crippen LogP contribution in [0.4, 0.5) is 0 Å². The first-order valence-electron chi connectivity index (χ1n) is 3.33. The molecule has 0 aromatic rings. The summed E-state index contributed by atoms with van der Waals surface area (Å²) in [7, 11) is 0. The van der Waals surface area contributed by atoms with Gasteiger partial charge < -0.3 is 23.9 Å². The van der Waals surface area contributed by atoms with Gasteiger partial charge in [0.15, 0.2) is 0 Å². The van der Waals surface area contributed by atoms with Crippen LogP contribution in [0.15, 0.2) is 0 Å². The SMILES string of the molecule is [Br-].[CH2-]CCCC(C)(C)C#N.[Zn+2]. The molecule has 0 fully saturated rings. The van der Waals surface area contributed by atoms with E-state index >= 15 is 0 Å². The molecule has 3 heteroatoms. The first-order chi connectivity index (χ1) is 4.12. The Kier molecular flexibility index (Phi) is 13.9. The van der Waals surface area contributed by atoms with E-state index in [-0.39, 0.29) is 41.9 Å². The maximum atomic E-state index is 8.55. The van der Waals surface area contributed by atoms with E-state index in [4.69, 9.17) is 5.26 Å².